The lowest BCUT2D eigenvalue weighted by molar-refractivity contribution is 0.639. The van der Waals surface area contributed by atoms with Crippen molar-refractivity contribution < 1.29 is 0 Å². The van der Waals surface area contributed by atoms with E-state index in [2.05, 4.69) is 33.6 Å². The second-order valence-electron chi connectivity index (χ2n) is 5.71. The largest absolute Gasteiger partial charge is 0.308 e. The average molecular weight is 372 g/mol. The Bertz CT molecular complexity index is 850. The Morgan fingerprint density at radius 3 is 2.44 bits per heavy atom. The van der Waals surface area contributed by atoms with E-state index in [9.17, 15) is 0 Å². The fourth-order valence-electron chi connectivity index (χ4n) is 2.60. The quantitative estimate of drug-likeness (QED) is 0.460. The normalized spacial score (nSPS) is 11.3. The molecule has 0 bridgehead atoms. The summed E-state index contributed by atoms with van der Waals surface area (Å²) in [7, 11) is 0. The van der Waals surface area contributed by atoms with Gasteiger partial charge in [0.05, 0.1) is 21.9 Å². The molecule has 0 atom stereocenters. The van der Waals surface area contributed by atoms with Crippen LogP contribution >= 0.6 is 23.2 Å². The Labute approximate surface area is 158 Å². The number of imidazole rings is 1. The number of halogens is 2. The predicted octanol–water partition coefficient (Wildman–Crippen LogP) is 6.41. The summed E-state index contributed by atoms with van der Waals surface area (Å²) in [6, 6.07) is 15.6. The van der Waals surface area contributed by atoms with E-state index >= 15 is 0 Å². The summed E-state index contributed by atoms with van der Waals surface area (Å²) in [5.74, 6) is 0.656. The van der Waals surface area contributed by atoms with Crippen molar-refractivity contribution in [3.05, 3.63) is 70.3 Å². The predicted molar refractivity (Wildman–Crippen MR) is 106 cm³/mol. The molecule has 0 saturated carbocycles. The summed E-state index contributed by atoms with van der Waals surface area (Å²) >= 11 is 12.4. The number of rotatable bonds is 6. The van der Waals surface area contributed by atoms with Gasteiger partial charge in [0.1, 0.15) is 0 Å². The second kappa shape index (κ2) is 8.32. The van der Waals surface area contributed by atoms with Gasteiger partial charge in [-0.05, 0) is 24.1 Å². The molecule has 3 rings (SSSR count). The van der Waals surface area contributed by atoms with Gasteiger partial charge in [0.25, 0.3) is 0 Å². The fourth-order valence-corrected chi connectivity index (χ4v) is 3.10. The molecule has 0 aliphatic heterocycles. The minimum atomic E-state index is 0.575. The highest BCUT2D eigenvalue weighted by Crippen LogP contribution is 2.27. The SMILES string of the molecule is CCCCn1c(-c2ccccc2)cnc1N=Cc1c(Cl)cccc1Cl. The maximum Gasteiger partial charge on any atom is 0.229 e. The standard InChI is InChI=1S/C20H19Cl2N3/c1-2-3-12-25-19(15-8-5-4-6-9-15)14-24-20(25)23-13-16-17(21)10-7-11-18(16)22/h4-11,13-14H,2-3,12H2,1H3. The van der Waals surface area contributed by atoms with Crippen LogP contribution in [-0.2, 0) is 6.54 Å². The van der Waals surface area contributed by atoms with Gasteiger partial charge in [-0.15, -0.1) is 0 Å². The minimum Gasteiger partial charge on any atom is -0.308 e. The molecule has 1 aromatic heterocycles. The van der Waals surface area contributed by atoms with Crippen LogP contribution in [-0.4, -0.2) is 15.8 Å². The highest BCUT2D eigenvalue weighted by molar-refractivity contribution is 6.38. The van der Waals surface area contributed by atoms with Crippen LogP contribution in [0.4, 0.5) is 5.95 Å². The number of hydrogen-bond acceptors (Lipinski definition) is 2. The van der Waals surface area contributed by atoms with Crippen molar-refractivity contribution in [2.45, 2.75) is 26.3 Å². The molecule has 128 valence electrons. The van der Waals surface area contributed by atoms with Crippen molar-refractivity contribution in [2.24, 2.45) is 4.99 Å². The van der Waals surface area contributed by atoms with Crippen LogP contribution in [0.2, 0.25) is 10.0 Å². The highest BCUT2D eigenvalue weighted by Gasteiger charge is 2.11. The molecule has 0 fully saturated rings. The zero-order valence-electron chi connectivity index (χ0n) is 14.0. The molecule has 2 aromatic carbocycles. The number of aliphatic imine (C=N–C) groups is 1. The summed E-state index contributed by atoms with van der Waals surface area (Å²) < 4.78 is 2.14. The fraction of sp³-hybridized carbons (Fsp3) is 0.200. The van der Waals surface area contributed by atoms with Gasteiger partial charge in [0.15, 0.2) is 0 Å². The van der Waals surface area contributed by atoms with Crippen molar-refractivity contribution in [3.63, 3.8) is 0 Å². The maximum atomic E-state index is 6.22. The van der Waals surface area contributed by atoms with E-state index in [0.29, 0.717) is 21.6 Å². The summed E-state index contributed by atoms with van der Waals surface area (Å²) in [5, 5.41) is 1.15. The van der Waals surface area contributed by atoms with Gasteiger partial charge in [-0.3, -0.25) is 0 Å². The Balaban J connectivity index is 1.99. The molecule has 0 spiro atoms. The average Bonchev–Trinajstić information content (AvgIpc) is 3.03. The van der Waals surface area contributed by atoms with E-state index in [4.69, 9.17) is 23.2 Å². The smallest absolute Gasteiger partial charge is 0.229 e. The van der Waals surface area contributed by atoms with Crippen molar-refractivity contribution in [1.82, 2.24) is 9.55 Å². The Hall–Kier alpha value is -2.10. The first-order chi connectivity index (χ1) is 12.2. The van der Waals surface area contributed by atoms with Crippen LogP contribution < -0.4 is 0 Å². The summed E-state index contributed by atoms with van der Waals surface area (Å²) in [4.78, 5) is 9.05. The van der Waals surface area contributed by atoms with E-state index in [1.807, 2.05) is 30.5 Å². The molecule has 0 aliphatic rings. The molecular weight excluding hydrogens is 353 g/mol. The van der Waals surface area contributed by atoms with E-state index < -0.39 is 0 Å². The van der Waals surface area contributed by atoms with Crippen LogP contribution in [0.15, 0.2) is 59.7 Å². The lowest BCUT2D eigenvalue weighted by Crippen LogP contribution is -2.00. The van der Waals surface area contributed by atoms with Gasteiger partial charge in [0, 0.05) is 18.3 Å². The van der Waals surface area contributed by atoms with E-state index in [0.717, 1.165) is 30.6 Å². The Kier molecular flexibility index (Phi) is 5.90. The highest BCUT2D eigenvalue weighted by atomic mass is 35.5. The van der Waals surface area contributed by atoms with Gasteiger partial charge < -0.3 is 4.57 Å². The number of aromatic nitrogens is 2. The van der Waals surface area contributed by atoms with E-state index in [1.165, 1.54) is 0 Å². The Morgan fingerprint density at radius 2 is 1.76 bits per heavy atom. The zero-order chi connectivity index (χ0) is 17.6. The van der Waals surface area contributed by atoms with Crippen molar-refractivity contribution in [1.29, 1.82) is 0 Å². The third kappa shape index (κ3) is 4.12. The molecular formula is C20H19Cl2N3. The van der Waals surface area contributed by atoms with E-state index in [1.54, 1.807) is 18.3 Å². The van der Waals surface area contributed by atoms with Crippen molar-refractivity contribution in [2.75, 3.05) is 0 Å². The van der Waals surface area contributed by atoms with Gasteiger partial charge >= 0.3 is 0 Å². The molecule has 0 aliphatic carbocycles. The number of hydrogen-bond donors (Lipinski definition) is 0. The molecule has 0 unspecified atom stereocenters. The molecule has 3 nitrogen and oxygen atoms in total. The van der Waals surface area contributed by atoms with Crippen molar-refractivity contribution >= 4 is 35.4 Å². The molecule has 5 heteroatoms. The number of benzene rings is 2. The third-order valence-electron chi connectivity index (χ3n) is 3.95. The molecule has 3 aromatic rings. The van der Waals surface area contributed by atoms with Gasteiger partial charge in [0.2, 0.25) is 5.95 Å². The lowest BCUT2D eigenvalue weighted by atomic mass is 10.1. The minimum absolute atomic E-state index is 0.575. The van der Waals surface area contributed by atoms with Crippen LogP contribution in [0, 0.1) is 0 Å². The number of unbranched alkanes of at least 4 members (excludes halogenated alkanes) is 1. The second-order valence-corrected chi connectivity index (χ2v) is 6.52. The molecule has 0 radical (unpaired) electrons. The molecule has 0 N–H and O–H groups in total. The van der Waals surface area contributed by atoms with Gasteiger partial charge in [-0.2, -0.15) is 0 Å². The third-order valence-corrected chi connectivity index (χ3v) is 4.61. The molecule has 0 saturated heterocycles. The van der Waals surface area contributed by atoms with Crippen molar-refractivity contribution in [3.8, 4) is 11.3 Å². The van der Waals surface area contributed by atoms with Gasteiger partial charge in [-0.1, -0.05) is 72.9 Å². The van der Waals surface area contributed by atoms with Crippen LogP contribution in [0.25, 0.3) is 11.3 Å². The molecule has 25 heavy (non-hydrogen) atoms. The van der Waals surface area contributed by atoms with Crippen LogP contribution in [0.3, 0.4) is 0 Å². The monoisotopic (exact) mass is 371 g/mol. The van der Waals surface area contributed by atoms with Crippen LogP contribution in [0.5, 0.6) is 0 Å². The first-order valence-corrected chi connectivity index (χ1v) is 9.05. The maximum absolute atomic E-state index is 6.22. The topological polar surface area (TPSA) is 30.2 Å². The molecule has 0 amide bonds. The first-order valence-electron chi connectivity index (χ1n) is 8.29. The molecule has 1 heterocycles. The summed E-state index contributed by atoms with van der Waals surface area (Å²) in [6.45, 7) is 3.04. The first kappa shape index (κ1) is 17.7. The Morgan fingerprint density at radius 1 is 1.04 bits per heavy atom. The summed E-state index contributed by atoms with van der Waals surface area (Å²) in [5.41, 5.74) is 2.90. The lowest BCUT2D eigenvalue weighted by Gasteiger charge is -2.09. The zero-order valence-corrected chi connectivity index (χ0v) is 15.5. The van der Waals surface area contributed by atoms with Crippen LogP contribution in [0.1, 0.15) is 25.3 Å². The summed E-state index contributed by atoms with van der Waals surface area (Å²) in [6.07, 6.45) is 5.72. The van der Waals surface area contributed by atoms with Gasteiger partial charge in [-0.25, -0.2) is 9.98 Å². The number of nitrogens with zero attached hydrogens (tertiary/aromatic N) is 3. The van der Waals surface area contributed by atoms with E-state index in [-0.39, 0.29) is 0 Å².